The zero-order valence-corrected chi connectivity index (χ0v) is 22.1. The van der Waals surface area contributed by atoms with Crippen LogP contribution < -0.4 is 10.1 Å². The van der Waals surface area contributed by atoms with Gasteiger partial charge in [0.25, 0.3) is 5.91 Å². The Labute approximate surface area is 223 Å². The van der Waals surface area contributed by atoms with Crippen molar-refractivity contribution in [2.24, 2.45) is 0 Å². The zero-order chi connectivity index (χ0) is 27.2. The molecule has 1 saturated heterocycles. The number of aryl methyl sites for hydroxylation is 1. The van der Waals surface area contributed by atoms with Crippen molar-refractivity contribution in [1.82, 2.24) is 9.80 Å². The molecule has 0 saturated carbocycles. The van der Waals surface area contributed by atoms with Gasteiger partial charge in [-0.25, -0.2) is 4.79 Å². The first-order chi connectivity index (χ1) is 18.3. The standard InChI is InChI=1S/C30H33N3O5/c1-5-32(6-2)29(35)26-27(38-30(36)33(26)19-21-12-10-20(3)11-13-21)22-14-16-24(17-15-22)31-28(34)23-8-7-9-25(18-23)37-4/h7-18,26-27H,5-6,19H2,1-4H3,(H,31,34). The first kappa shape index (κ1) is 26.7. The minimum absolute atomic E-state index is 0.159. The molecule has 3 amide bonds. The van der Waals surface area contributed by atoms with E-state index in [0.29, 0.717) is 35.7 Å². The minimum atomic E-state index is -0.805. The van der Waals surface area contributed by atoms with E-state index in [1.54, 1.807) is 60.5 Å². The number of rotatable bonds is 9. The van der Waals surface area contributed by atoms with Gasteiger partial charge in [-0.3, -0.25) is 14.5 Å². The Morgan fingerprint density at radius 1 is 1.00 bits per heavy atom. The smallest absolute Gasteiger partial charge is 0.411 e. The molecule has 2 atom stereocenters. The molecule has 8 heteroatoms. The molecule has 0 aromatic heterocycles. The normalized spacial score (nSPS) is 16.6. The van der Waals surface area contributed by atoms with Gasteiger partial charge in [-0.15, -0.1) is 0 Å². The summed E-state index contributed by atoms with van der Waals surface area (Å²) in [4.78, 5) is 42.5. The van der Waals surface area contributed by atoms with Crippen LogP contribution in [0.3, 0.4) is 0 Å². The van der Waals surface area contributed by atoms with Crippen LogP contribution in [-0.2, 0) is 16.1 Å². The van der Waals surface area contributed by atoms with Crippen LogP contribution in [0.25, 0.3) is 0 Å². The zero-order valence-electron chi connectivity index (χ0n) is 22.1. The van der Waals surface area contributed by atoms with E-state index >= 15 is 0 Å². The van der Waals surface area contributed by atoms with E-state index in [-0.39, 0.29) is 18.4 Å². The maximum Gasteiger partial charge on any atom is 0.411 e. The Balaban J connectivity index is 1.57. The molecule has 4 rings (SSSR count). The molecule has 0 aliphatic carbocycles. The number of hydrogen-bond donors (Lipinski definition) is 1. The molecule has 3 aromatic carbocycles. The van der Waals surface area contributed by atoms with Gasteiger partial charge in [0.05, 0.1) is 13.7 Å². The second kappa shape index (κ2) is 11.8. The molecule has 0 bridgehead atoms. The number of likely N-dealkylation sites (N-methyl/N-ethyl adjacent to an activating group) is 1. The van der Waals surface area contributed by atoms with E-state index in [1.165, 1.54) is 4.90 Å². The molecule has 0 radical (unpaired) electrons. The van der Waals surface area contributed by atoms with Gasteiger partial charge in [-0.2, -0.15) is 0 Å². The van der Waals surface area contributed by atoms with Crippen molar-refractivity contribution in [2.75, 3.05) is 25.5 Å². The summed E-state index contributed by atoms with van der Waals surface area (Å²) < 4.78 is 11.0. The molecule has 1 heterocycles. The number of carbonyl (C=O) groups excluding carboxylic acids is 3. The van der Waals surface area contributed by atoms with Crippen LogP contribution in [0.4, 0.5) is 10.5 Å². The number of cyclic esters (lactones) is 1. The maximum atomic E-state index is 13.6. The molecule has 2 unspecified atom stereocenters. The van der Waals surface area contributed by atoms with Gasteiger partial charge >= 0.3 is 6.09 Å². The number of carbonyl (C=O) groups is 3. The summed E-state index contributed by atoms with van der Waals surface area (Å²) in [5.74, 6) is 0.159. The second-order valence-corrected chi connectivity index (χ2v) is 9.18. The molecular formula is C30H33N3O5. The highest BCUT2D eigenvalue weighted by Gasteiger charge is 2.48. The van der Waals surface area contributed by atoms with Gasteiger partial charge in [0.1, 0.15) is 5.75 Å². The second-order valence-electron chi connectivity index (χ2n) is 9.18. The van der Waals surface area contributed by atoms with Crippen molar-refractivity contribution >= 4 is 23.6 Å². The third kappa shape index (κ3) is 5.80. The fourth-order valence-electron chi connectivity index (χ4n) is 4.53. The predicted octanol–water partition coefficient (Wildman–Crippen LogP) is 5.19. The van der Waals surface area contributed by atoms with Crippen molar-refractivity contribution in [2.45, 2.75) is 39.5 Å². The molecular weight excluding hydrogens is 482 g/mol. The number of benzene rings is 3. The van der Waals surface area contributed by atoms with E-state index in [9.17, 15) is 14.4 Å². The summed E-state index contributed by atoms with van der Waals surface area (Å²) in [6.07, 6.45) is -1.30. The summed E-state index contributed by atoms with van der Waals surface area (Å²) in [5.41, 5.74) is 3.75. The van der Waals surface area contributed by atoms with Crippen LogP contribution in [-0.4, -0.2) is 53.9 Å². The summed E-state index contributed by atoms with van der Waals surface area (Å²) in [6.45, 7) is 7.15. The fourth-order valence-corrected chi connectivity index (χ4v) is 4.53. The Morgan fingerprint density at radius 3 is 2.32 bits per heavy atom. The average molecular weight is 516 g/mol. The van der Waals surface area contributed by atoms with E-state index < -0.39 is 18.2 Å². The SMILES string of the molecule is CCN(CC)C(=O)C1C(c2ccc(NC(=O)c3cccc(OC)c3)cc2)OC(=O)N1Cc1ccc(C)cc1. The van der Waals surface area contributed by atoms with Crippen LogP contribution in [0.1, 0.15) is 47.0 Å². The molecule has 3 aromatic rings. The molecule has 1 fully saturated rings. The molecule has 1 aliphatic rings. The van der Waals surface area contributed by atoms with Crippen molar-refractivity contribution < 1.29 is 23.9 Å². The Bertz CT molecular complexity index is 1290. The highest BCUT2D eigenvalue weighted by molar-refractivity contribution is 6.04. The summed E-state index contributed by atoms with van der Waals surface area (Å²) >= 11 is 0. The Hall–Kier alpha value is -4.33. The third-order valence-electron chi connectivity index (χ3n) is 6.72. The third-order valence-corrected chi connectivity index (χ3v) is 6.72. The highest BCUT2D eigenvalue weighted by atomic mass is 16.6. The van der Waals surface area contributed by atoms with E-state index in [2.05, 4.69) is 5.32 Å². The number of nitrogens with zero attached hydrogens (tertiary/aromatic N) is 2. The largest absolute Gasteiger partial charge is 0.497 e. The minimum Gasteiger partial charge on any atom is -0.497 e. The van der Waals surface area contributed by atoms with Gasteiger partial charge in [0.15, 0.2) is 12.1 Å². The first-order valence-corrected chi connectivity index (χ1v) is 12.7. The molecule has 1 aliphatic heterocycles. The van der Waals surface area contributed by atoms with Gasteiger partial charge in [-0.05, 0) is 62.2 Å². The van der Waals surface area contributed by atoms with Gasteiger partial charge < -0.3 is 19.7 Å². The van der Waals surface area contributed by atoms with E-state index in [4.69, 9.17) is 9.47 Å². The number of anilines is 1. The predicted molar refractivity (Wildman–Crippen MR) is 145 cm³/mol. The fraction of sp³-hybridized carbons (Fsp3) is 0.300. The lowest BCUT2D eigenvalue weighted by Gasteiger charge is -2.29. The molecule has 8 nitrogen and oxygen atoms in total. The number of hydrogen-bond acceptors (Lipinski definition) is 5. The lowest BCUT2D eigenvalue weighted by atomic mass is 9.99. The Kier molecular flexibility index (Phi) is 8.31. The van der Waals surface area contributed by atoms with E-state index in [0.717, 1.165) is 11.1 Å². The van der Waals surface area contributed by atoms with Gasteiger partial charge in [-0.1, -0.05) is 48.0 Å². The topological polar surface area (TPSA) is 88.2 Å². The number of amides is 3. The Morgan fingerprint density at radius 2 is 1.68 bits per heavy atom. The average Bonchev–Trinajstić information content (AvgIpc) is 3.26. The molecule has 1 N–H and O–H groups in total. The lowest BCUT2D eigenvalue weighted by molar-refractivity contribution is -0.136. The number of ether oxygens (including phenoxy) is 2. The molecule has 38 heavy (non-hydrogen) atoms. The van der Waals surface area contributed by atoms with Crippen LogP contribution >= 0.6 is 0 Å². The molecule has 0 spiro atoms. The van der Waals surface area contributed by atoms with Crippen LogP contribution in [0.2, 0.25) is 0 Å². The molecule has 198 valence electrons. The summed E-state index contributed by atoms with van der Waals surface area (Å²) in [7, 11) is 1.55. The van der Waals surface area contributed by atoms with Crippen molar-refractivity contribution in [1.29, 1.82) is 0 Å². The monoisotopic (exact) mass is 515 g/mol. The first-order valence-electron chi connectivity index (χ1n) is 12.7. The van der Waals surface area contributed by atoms with Crippen LogP contribution in [0, 0.1) is 6.92 Å². The maximum absolute atomic E-state index is 13.6. The summed E-state index contributed by atoms with van der Waals surface area (Å²) in [5, 5.41) is 2.86. The number of methoxy groups -OCH3 is 1. The summed E-state index contributed by atoms with van der Waals surface area (Å²) in [6, 6.07) is 21.0. The lowest BCUT2D eigenvalue weighted by Crippen LogP contribution is -2.48. The van der Waals surface area contributed by atoms with Crippen LogP contribution in [0.15, 0.2) is 72.8 Å². The van der Waals surface area contributed by atoms with Crippen molar-refractivity contribution in [3.63, 3.8) is 0 Å². The van der Waals surface area contributed by atoms with Gasteiger partial charge in [0.2, 0.25) is 5.91 Å². The highest BCUT2D eigenvalue weighted by Crippen LogP contribution is 2.35. The number of nitrogens with one attached hydrogen (secondary N) is 1. The quantitative estimate of drug-likeness (QED) is 0.424. The van der Waals surface area contributed by atoms with Crippen molar-refractivity contribution in [3.05, 3.63) is 95.1 Å². The van der Waals surface area contributed by atoms with Gasteiger partial charge in [0, 0.05) is 24.3 Å². The van der Waals surface area contributed by atoms with Crippen molar-refractivity contribution in [3.8, 4) is 5.75 Å². The van der Waals surface area contributed by atoms with Crippen LogP contribution in [0.5, 0.6) is 5.75 Å². The van der Waals surface area contributed by atoms with E-state index in [1.807, 2.05) is 45.0 Å².